The van der Waals surface area contributed by atoms with E-state index >= 15 is 0 Å². The van der Waals surface area contributed by atoms with Crippen LogP contribution in [0.15, 0.2) is 29.2 Å². The molecule has 0 aliphatic heterocycles. The van der Waals surface area contributed by atoms with E-state index in [0.29, 0.717) is 26.1 Å². The van der Waals surface area contributed by atoms with Gasteiger partial charge in [-0.2, -0.15) is 8.42 Å². The van der Waals surface area contributed by atoms with Crippen molar-refractivity contribution in [3.63, 3.8) is 0 Å². The second kappa shape index (κ2) is 15.4. The van der Waals surface area contributed by atoms with Crippen LogP contribution in [0, 0.1) is 0 Å². The predicted octanol–water partition coefficient (Wildman–Crippen LogP) is 4.89. The van der Waals surface area contributed by atoms with E-state index in [1.807, 2.05) is 0 Å². The number of carbonyl (C=O) groups excluding carboxylic acids is 1. The van der Waals surface area contributed by atoms with Crippen LogP contribution in [0.3, 0.4) is 0 Å². The van der Waals surface area contributed by atoms with Crippen LogP contribution in [-0.4, -0.2) is 54.0 Å². The van der Waals surface area contributed by atoms with Crippen LogP contribution < -0.4 is 0 Å². The van der Waals surface area contributed by atoms with E-state index in [9.17, 15) is 13.2 Å². The lowest BCUT2D eigenvalue weighted by atomic mass is 10.00. The molecule has 7 nitrogen and oxygen atoms in total. The van der Waals surface area contributed by atoms with Gasteiger partial charge in [-0.25, -0.2) is 4.79 Å². The van der Waals surface area contributed by atoms with Crippen LogP contribution in [-0.2, 0) is 28.5 Å². The minimum atomic E-state index is -4.09. The van der Waals surface area contributed by atoms with Gasteiger partial charge in [0.05, 0.1) is 31.5 Å². The van der Waals surface area contributed by atoms with Crippen molar-refractivity contribution in [2.24, 2.45) is 0 Å². The number of ether oxygens (including phenoxy) is 3. The summed E-state index contributed by atoms with van der Waals surface area (Å²) in [4.78, 5) is 12.4. The van der Waals surface area contributed by atoms with E-state index in [1.165, 1.54) is 44.2 Å². The van der Waals surface area contributed by atoms with Gasteiger partial charge in [0.25, 0.3) is 10.1 Å². The molecule has 0 saturated heterocycles. The van der Waals surface area contributed by atoms with Crippen molar-refractivity contribution < 1.29 is 31.6 Å². The molecule has 8 heteroatoms. The minimum Gasteiger partial charge on any atom is -0.460 e. The molecule has 2 rings (SSSR count). The zero-order valence-corrected chi connectivity index (χ0v) is 20.1. The van der Waals surface area contributed by atoms with Gasteiger partial charge < -0.3 is 14.2 Å². The molecule has 1 aliphatic rings. The van der Waals surface area contributed by atoms with Crippen LogP contribution in [0.4, 0.5) is 0 Å². The number of rotatable bonds is 10. The predicted molar refractivity (Wildman–Crippen MR) is 122 cm³/mol. The van der Waals surface area contributed by atoms with Crippen molar-refractivity contribution >= 4 is 16.1 Å². The van der Waals surface area contributed by atoms with Crippen molar-refractivity contribution in [3.05, 3.63) is 29.8 Å². The average Bonchev–Trinajstić information content (AvgIpc) is 2.78. The van der Waals surface area contributed by atoms with Gasteiger partial charge in [-0.15, -0.1) is 0 Å². The fourth-order valence-corrected chi connectivity index (χ4v) is 5.14. The van der Waals surface area contributed by atoms with Crippen molar-refractivity contribution in [3.8, 4) is 0 Å². The molecule has 182 valence electrons. The molecule has 0 unspecified atom stereocenters. The molecule has 0 heterocycles. The molecule has 1 fully saturated rings. The Morgan fingerprint density at radius 1 is 0.844 bits per heavy atom. The third-order valence-electron chi connectivity index (χ3n) is 5.58. The number of methoxy groups -OCH3 is 1. The zero-order chi connectivity index (χ0) is 23.1. The third kappa shape index (κ3) is 9.98. The Balaban J connectivity index is 1.99. The molecular weight excluding hydrogens is 432 g/mol. The number of carbonyl (C=O) groups is 1. The van der Waals surface area contributed by atoms with Gasteiger partial charge >= 0.3 is 5.97 Å². The van der Waals surface area contributed by atoms with Crippen LogP contribution in [0.1, 0.15) is 81.0 Å². The van der Waals surface area contributed by atoms with Gasteiger partial charge in [-0.05, 0) is 25.0 Å². The number of benzene rings is 1. The van der Waals surface area contributed by atoms with Gasteiger partial charge in [0, 0.05) is 7.11 Å². The summed E-state index contributed by atoms with van der Waals surface area (Å²) in [5.74, 6) is -0.707. The number of esters is 1. The van der Waals surface area contributed by atoms with E-state index in [1.54, 1.807) is 19.2 Å². The zero-order valence-electron chi connectivity index (χ0n) is 19.3. The van der Waals surface area contributed by atoms with Crippen molar-refractivity contribution in [2.75, 3.05) is 33.5 Å². The van der Waals surface area contributed by atoms with E-state index in [0.717, 1.165) is 25.7 Å². The quantitative estimate of drug-likeness (QED) is 0.273. The average molecular weight is 471 g/mol. The van der Waals surface area contributed by atoms with Crippen molar-refractivity contribution in [1.29, 1.82) is 0 Å². The third-order valence-corrected chi connectivity index (χ3v) is 7.00. The molecule has 0 aromatic heterocycles. The lowest BCUT2D eigenvalue weighted by Crippen LogP contribution is -2.21. The molecule has 32 heavy (non-hydrogen) atoms. The topological polar surface area (TPSA) is 88.1 Å². The first-order valence-corrected chi connectivity index (χ1v) is 13.2. The maximum Gasteiger partial charge on any atom is 0.339 e. The summed E-state index contributed by atoms with van der Waals surface area (Å²) in [5, 5.41) is 0. The molecular formula is C24H38O7S. The van der Waals surface area contributed by atoms with Gasteiger partial charge in [0.15, 0.2) is 0 Å². The lowest BCUT2D eigenvalue weighted by molar-refractivity contribution is 0.0210. The van der Waals surface area contributed by atoms with Crippen molar-refractivity contribution in [2.45, 2.75) is 81.6 Å². The monoisotopic (exact) mass is 470 g/mol. The second-order valence-corrected chi connectivity index (χ2v) is 9.71. The fourth-order valence-electron chi connectivity index (χ4n) is 3.82. The smallest absolute Gasteiger partial charge is 0.339 e. The highest BCUT2D eigenvalue weighted by atomic mass is 32.2. The Bertz CT molecular complexity index is 751. The highest BCUT2D eigenvalue weighted by Crippen LogP contribution is 2.25. The van der Waals surface area contributed by atoms with Crippen LogP contribution in [0.2, 0.25) is 0 Å². The van der Waals surface area contributed by atoms with E-state index < -0.39 is 16.1 Å². The van der Waals surface area contributed by atoms with Gasteiger partial charge in [0.1, 0.15) is 11.5 Å². The first kappa shape index (κ1) is 26.8. The summed E-state index contributed by atoms with van der Waals surface area (Å²) < 4.78 is 47.2. The second-order valence-electron chi connectivity index (χ2n) is 8.17. The minimum absolute atomic E-state index is 0.0162. The Morgan fingerprint density at radius 2 is 1.41 bits per heavy atom. The maximum absolute atomic E-state index is 13.1. The molecule has 1 saturated carbocycles. The normalized spacial score (nSPS) is 17.3. The molecule has 0 N–H and O–H groups in total. The number of hydrogen-bond donors (Lipinski definition) is 0. The molecule has 0 amide bonds. The molecule has 1 aliphatic carbocycles. The molecule has 0 bridgehead atoms. The molecule has 1 aromatic rings. The van der Waals surface area contributed by atoms with Crippen LogP contribution in [0.5, 0.6) is 0 Å². The Labute approximate surface area is 192 Å². The number of hydrogen-bond acceptors (Lipinski definition) is 7. The Hall–Kier alpha value is -1.48. The van der Waals surface area contributed by atoms with E-state index in [-0.39, 0.29) is 29.8 Å². The van der Waals surface area contributed by atoms with Crippen molar-refractivity contribution in [1.82, 2.24) is 0 Å². The van der Waals surface area contributed by atoms with E-state index in [2.05, 4.69) is 0 Å². The van der Waals surface area contributed by atoms with E-state index in [4.69, 9.17) is 18.4 Å². The Kier molecular flexibility index (Phi) is 12.9. The largest absolute Gasteiger partial charge is 0.460 e. The van der Waals surface area contributed by atoms with Crippen LogP contribution >= 0.6 is 0 Å². The van der Waals surface area contributed by atoms with Crippen LogP contribution in [0.25, 0.3) is 0 Å². The first-order chi connectivity index (χ1) is 15.5. The first-order valence-electron chi connectivity index (χ1n) is 11.8. The molecule has 0 spiro atoms. The summed E-state index contributed by atoms with van der Waals surface area (Å²) >= 11 is 0. The highest BCUT2D eigenvalue weighted by Gasteiger charge is 2.27. The van der Waals surface area contributed by atoms with Gasteiger partial charge in [-0.1, -0.05) is 69.9 Å². The lowest BCUT2D eigenvalue weighted by Gasteiger charge is -2.19. The Morgan fingerprint density at radius 3 is 2.03 bits per heavy atom. The highest BCUT2D eigenvalue weighted by molar-refractivity contribution is 7.86. The molecule has 0 radical (unpaired) electrons. The standard InChI is InChI=1S/C24H38O7S/c1-28-17-18-29-19-20-30-24(25)22-15-11-12-16-23(22)32(26,27)31-21-13-9-7-5-3-2-4-6-8-10-14-21/h11-12,15-16,21H,2-10,13-14,17-20H2,1H3. The summed E-state index contributed by atoms with van der Waals surface area (Å²) in [7, 11) is -2.52. The fraction of sp³-hybridized carbons (Fsp3) is 0.708. The van der Waals surface area contributed by atoms with Gasteiger partial charge in [-0.3, -0.25) is 4.18 Å². The summed E-state index contributed by atoms with van der Waals surface area (Å²) in [6, 6.07) is 6.05. The van der Waals surface area contributed by atoms with Gasteiger partial charge in [0.2, 0.25) is 0 Å². The SMILES string of the molecule is COCCOCCOC(=O)c1ccccc1S(=O)(=O)OC1CCCCCCCCCCC1. The summed E-state index contributed by atoms with van der Waals surface area (Å²) in [6.07, 6.45) is 11.3. The molecule has 0 atom stereocenters. The molecule has 1 aromatic carbocycles. The summed E-state index contributed by atoms with van der Waals surface area (Å²) in [6.45, 7) is 1.09. The summed E-state index contributed by atoms with van der Waals surface area (Å²) in [5.41, 5.74) is -0.0162. The maximum atomic E-state index is 13.1.